The third kappa shape index (κ3) is 2.91. The molecule has 0 saturated carbocycles. The van der Waals surface area contributed by atoms with Gasteiger partial charge in [-0.25, -0.2) is 4.98 Å². The molecule has 4 rings (SSSR count). The van der Waals surface area contributed by atoms with Crippen LogP contribution in [0.5, 0.6) is 0 Å². The van der Waals surface area contributed by atoms with E-state index in [1.54, 1.807) is 17.0 Å². The van der Waals surface area contributed by atoms with Gasteiger partial charge in [0.05, 0.1) is 24.8 Å². The van der Waals surface area contributed by atoms with E-state index in [1.807, 2.05) is 18.2 Å². The zero-order valence-corrected chi connectivity index (χ0v) is 13.8. The molecule has 0 atom stereocenters. The Kier molecular flexibility index (Phi) is 4.10. The van der Waals surface area contributed by atoms with Crippen molar-refractivity contribution in [3.05, 3.63) is 58.3 Å². The Labute approximate surface area is 148 Å². The number of carbonyl (C=O) groups excluding carboxylic acids is 1. The van der Waals surface area contributed by atoms with Gasteiger partial charge in [0.1, 0.15) is 16.4 Å². The van der Waals surface area contributed by atoms with E-state index in [0.717, 1.165) is 5.39 Å². The Bertz CT molecular complexity index is 991. The first-order valence-corrected chi connectivity index (χ1v) is 8.15. The van der Waals surface area contributed by atoms with Crippen molar-refractivity contribution in [1.82, 2.24) is 9.88 Å². The van der Waals surface area contributed by atoms with Crippen LogP contribution in [0.1, 0.15) is 10.5 Å². The molecule has 1 fully saturated rings. The topological polar surface area (TPSA) is 98.7 Å². The van der Waals surface area contributed by atoms with Crippen molar-refractivity contribution in [3.63, 3.8) is 0 Å². The average Bonchev–Trinajstić information content (AvgIpc) is 3.17. The van der Waals surface area contributed by atoms with Gasteiger partial charge in [0.2, 0.25) is 0 Å². The van der Waals surface area contributed by atoms with Crippen LogP contribution in [-0.4, -0.2) is 47.0 Å². The molecule has 2 aromatic heterocycles. The van der Waals surface area contributed by atoms with Gasteiger partial charge in [-0.15, -0.1) is 0 Å². The molecule has 1 saturated heterocycles. The molecule has 3 aromatic rings. The van der Waals surface area contributed by atoms with Crippen molar-refractivity contribution >= 4 is 22.7 Å². The number of hydrogen-bond donors (Lipinski definition) is 0. The van der Waals surface area contributed by atoms with Crippen molar-refractivity contribution in [2.24, 2.45) is 0 Å². The number of morpholine rings is 1. The van der Waals surface area contributed by atoms with E-state index in [2.05, 4.69) is 4.98 Å². The first kappa shape index (κ1) is 16.2. The van der Waals surface area contributed by atoms with E-state index in [4.69, 9.17) is 9.15 Å². The maximum atomic E-state index is 12.8. The van der Waals surface area contributed by atoms with Gasteiger partial charge in [0.25, 0.3) is 5.91 Å². The predicted molar refractivity (Wildman–Crippen MR) is 92.8 cm³/mol. The number of nitro groups is 1. The molecule has 0 bridgehead atoms. The molecule has 8 nitrogen and oxygen atoms in total. The number of furan rings is 1. The lowest BCUT2D eigenvalue weighted by molar-refractivity contribution is -0.401. The van der Waals surface area contributed by atoms with Crippen LogP contribution >= 0.6 is 0 Å². The molecule has 1 aromatic carbocycles. The van der Waals surface area contributed by atoms with Crippen LogP contribution in [0.25, 0.3) is 22.2 Å². The highest BCUT2D eigenvalue weighted by Gasteiger charge is 2.23. The van der Waals surface area contributed by atoms with Gasteiger partial charge < -0.3 is 14.1 Å². The number of pyridine rings is 1. The van der Waals surface area contributed by atoms with E-state index in [9.17, 15) is 14.9 Å². The fourth-order valence-corrected chi connectivity index (χ4v) is 2.99. The van der Waals surface area contributed by atoms with Gasteiger partial charge in [0.15, 0.2) is 0 Å². The van der Waals surface area contributed by atoms with Gasteiger partial charge in [0, 0.05) is 24.0 Å². The molecule has 1 amide bonds. The molecule has 1 aliphatic rings. The van der Waals surface area contributed by atoms with Crippen molar-refractivity contribution in [2.45, 2.75) is 0 Å². The van der Waals surface area contributed by atoms with Crippen molar-refractivity contribution in [1.29, 1.82) is 0 Å². The van der Waals surface area contributed by atoms with Gasteiger partial charge >= 0.3 is 5.88 Å². The molecular weight excluding hydrogens is 338 g/mol. The number of benzene rings is 1. The number of hydrogen-bond acceptors (Lipinski definition) is 6. The summed E-state index contributed by atoms with van der Waals surface area (Å²) < 4.78 is 10.6. The fraction of sp³-hybridized carbons (Fsp3) is 0.222. The largest absolute Gasteiger partial charge is 0.433 e. The lowest BCUT2D eigenvalue weighted by Gasteiger charge is -2.26. The van der Waals surface area contributed by atoms with Gasteiger partial charge in [-0.05, 0) is 18.2 Å². The second-order valence-electron chi connectivity index (χ2n) is 5.87. The number of carbonyl (C=O) groups is 1. The summed E-state index contributed by atoms with van der Waals surface area (Å²) in [6.45, 7) is 2.01. The van der Waals surface area contributed by atoms with E-state index >= 15 is 0 Å². The van der Waals surface area contributed by atoms with Gasteiger partial charge in [-0.3, -0.25) is 14.9 Å². The Hall–Kier alpha value is -3.26. The Morgan fingerprint density at radius 1 is 1.15 bits per heavy atom. The maximum Gasteiger partial charge on any atom is 0.433 e. The molecule has 0 unspecified atom stereocenters. The summed E-state index contributed by atoms with van der Waals surface area (Å²) in [5.74, 6) is -0.213. The highest BCUT2D eigenvalue weighted by atomic mass is 16.6. The van der Waals surface area contributed by atoms with Crippen molar-refractivity contribution in [2.75, 3.05) is 26.3 Å². The van der Waals surface area contributed by atoms with E-state index < -0.39 is 4.92 Å². The summed E-state index contributed by atoms with van der Waals surface area (Å²) in [5.41, 5.74) is 1.50. The van der Waals surface area contributed by atoms with Gasteiger partial charge in [-0.1, -0.05) is 18.2 Å². The standard InChI is InChI=1S/C18H15N3O5/c22-18(20-7-9-25-10-8-20)15-11-13(12-3-1-2-4-14(12)19-15)16-5-6-17(26-16)21(23)24/h1-6,11H,7-10H2. The molecule has 3 heterocycles. The number of amides is 1. The average molecular weight is 353 g/mol. The van der Waals surface area contributed by atoms with Crippen LogP contribution < -0.4 is 0 Å². The Morgan fingerprint density at radius 3 is 2.65 bits per heavy atom. The molecule has 0 N–H and O–H groups in total. The van der Waals surface area contributed by atoms with E-state index in [1.165, 1.54) is 12.1 Å². The van der Waals surface area contributed by atoms with Crippen molar-refractivity contribution < 1.29 is 18.9 Å². The zero-order valence-electron chi connectivity index (χ0n) is 13.8. The molecular formula is C18H15N3O5. The molecule has 0 radical (unpaired) electrons. The molecule has 1 aliphatic heterocycles. The van der Waals surface area contributed by atoms with Crippen LogP contribution in [0.4, 0.5) is 5.88 Å². The highest BCUT2D eigenvalue weighted by molar-refractivity contribution is 6.00. The lowest BCUT2D eigenvalue weighted by atomic mass is 10.0. The summed E-state index contributed by atoms with van der Waals surface area (Å²) in [7, 11) is 0. The summed E-state index contributed by atoms with van der Waals surface area (Å²) in [6, 6.07) is 11.8. The molecule has 8 heteroatoms. The van der Waals surface area contributed by atoms with Crippen LogP contribution in [0.15, 0.2) is 46.9 Å². The zero-order chi connectivity index (χ0) is 18.1. The van der Waals surface area contributed by atoms with Crippen molar-refractivity contribution in [3.8, 4) is 11.3 Å². The first-order valence-electron chi connectivity index (χ1n) is 8.15. The fourth-order valence-electron chi connectivity index (χ4n) is 2.99. The summed E-state index contributed by atoms with van der Waals surface area (Å²) in [5, 5.41) is 11.7. The number of aromatic nitrogens is 1. The molecule has 0 spiro atoms. The van der Waals surface area contributed by atoms with E-state index in [-0.39, 0.29) is 17.5 Å². The lowest BCUT2D eigenvalue weighted by Crippen LogP contribution is -2.41. The number of para-hydroxylation sites is 1. The molecule has 0 aliphatic carbocycles. The quantitative estimate of drug-likeness (QED) is 0.530. The third-order valence-electron chi connectivity index (χ3n) is 4.27. The first-order chi connectivity index (χ1) is 12.6. The summed E-state index contributed by atoms with van der Waals surface area (Å²) in [6.07, 6.45) is 0. The van der Waals surface area contributed by atoms with Crippen LogP contribution in [0.3, 0.4) is 0 Å². The summed E-state index contributed by atoms with van der Waals surface area (Å²) >= 11 is 0. The third-order valence-corrected chi connectivity index (χ3v) is 4.27. The second kappa shape index (κ2) is 6.57. The Morgan fingerprint density at radius 2 is 1.92 bits per heavy atom. The smallest absolute Gasteiger partial charge is 0.401 e. The number of fused-ring (bicyclic) bond motifs is 1. The number of rotatable bonds is 3. The van der Waals surface area contributed by atoms with Crippen LogP contribution in [-0.2, 0) is 4.74 Å². The SMILES string of the molecule is O=C(c1cc(-c2ccc([N+](=O)[O-])o2)c2ccccc2n1)N1CCOCC1. The highest BCUT2D eigenvalue weighted by Crippen LogP contribution is 2.32. The monoisotopic (exact) mass is 353 g/mol. The molecule has 26 heavy (non-hydrogen) atoms. The minimum Gasteiger partial charge on any atom is -0.401 e. The van der Waals surface area contributed by atoms with Crippen LogP contribution in [0, 0.1) is 10.1 Å². The number of ether oxygens (including phenoxy) is 1. The van der Waals surface area contributed by atoms with Gasteiger partial charge in [-0.2, -0.15) is 0 Å². The molecule has 132 valence electrons. The predicted octanol–water partition coefficient (Wildman–Crippen LogP) is 2.88. The minimum absolute atomic E-state index is 0.193. The number of nitrogens with zero attached hydrogens (tertiary/aromatic N) is 3. The summed E-state index contributed by atoms with van der Waals surface area (Å²) in [4.78, 5) is 29.3. The second-order valence-corrected chi connectivity index (χ2v) is 5.87. The Balaban J connectivity index is 1.82. The van der Waals surface area contributed by atoms with Crippen LogP contribution in [0.2, 0.25) is 0 Å². The normalized spacial score (nSPS) is 14.5. The van der Waals surface area contributed by atoms with E-state index in [0.29, 0.717) is 43.1 Å². The maximum absolute atomic E-state index is 12.8. The minimum atomic E-state index is -0.591.